The van der Waals surface area contributed by atoms with Gasteiger partial charge < -0.3 is 5.32 Å². The number of anilines is 1. The van der Waals surface area contributed by atoms with Gasteiger partial charge in [0.1, 0.15) is 16.6 Å². The van der Waals surface area contributed by atoms with Crippen molar-refractivity contribution in [3.8, 4) is 0 Å². The molecule has 0 radical (unpaired) electrons. The van der Waals surface area contributed by atoms with Gasteiger partial charge in [-0.25, -0.2) is 8.78 Å². The van der Waals surface area contributed by atoms with Crippen molar-refractivity contribution >= 4 is 40.2 Å². The van der Waals surface area contributed by atoms with Gasteiger partial charge in [-0.1, -0.05) is 36.0 Å². The maximum Gasteiger partial charge on any atom is 0.135 e. The third kappa shape index (κ3) is 2.51. The molecule has 0 atom stereocenters. The van der Waals surface area contributed by atoms with Gasteiger partial charge in [-0.2, -0.15) is 0 Å². The first kappa shape index (κ1) is 15.1. The van der Waals surface area contributed by atoms with Gasteiger partial charge in [0.2, 0.25) is 0 Å². The highest BCUT2D eigenvalue weighted by atomic mass is 35.5. The number of rotatable bonds is 1. The van der Waals surface area contributed by atoms with Crippen LogP contribution < -0.4 is 5.32 Å². The van der Waals surface area contributed by atoms with Crippen LogP contribution in [0.15, 0.2) is 35.3 Å². The molecule has 0 fully saturated rings. The van der Waals surface area contributed by atoms with Gasteiger partial charge >= 0.3 is 0 Å². The highest BCUT2D eigenvalue weighted by Gasteiger charge is 2.25. The van der Waals surface area contributed by atoms with Crippen LogP contribution in [0.3, 0.4) is 0 Å². The fraction of sp³-hybridized carbons (Fsp3) is 0.125. The summed E-state index contributed by atoms with van der Waals surface area (Å²) in [5.74, 6) is -1.37. The van der Waals surface area contributed by atoms with Crippen LogP contribution in [-0.2, 0) is 0 Å². The topological polar surface area (TPSA) is 24.4 Å². The van der Waals surface area contributed by atoms with Crippen molar-refractivity contribution in [2.24, 2.45) is 4.99 Å². The lowest BCUT2D eigenvalue weighted by atomic mass is 9.97. The summed E-state index contributed by atoms with van der Waals surface area (Å²) in [7, 11) is 0. The van der Waals surface area contributed by atoms with Crippen LogP contribution in [0.2, 0.25) is 5.02 Å². The molecule has 112 valence electrons. The number of nitrogens with one attached hydrogen (secondary N) is 1. The van der Waals surface area contributed by atoms with Crippen LogP contribution in [0.4, 0.5) is 14.5 Å². The van der Waals surface area contributed by atoms with E-state index in [1.807, 2.05) is 13.0 Å². The molecule has 0 aromatic heterocycles. The van der Waals surface area contributed by atoms with E-state index in [1.165, 1.54) is 18.2 Å². The molecule has 6 heteroatoms. The van der Waals surface area contributed by atoms with E-state index in [-0.39, 0.29) is 17.8 Å². The summed E-state index contributed by atoms with van der Waals surface area (Å²) in [5, 5.41) is 3.42. The number of benzodiazepines with no additional fused rings is 1. The third-order valence-corrected chi connectivity index (χ3v) is 4.14. The Balaban J connectivity index is 2.34. The van der Waals surface area contributed by atoms with E-state index >= 15 is 0 Å². The Hall–Kier alpha value is -1.85. The number of fused-ring (bicyclic) bond motifs is 1. The van der Waals surface area contributed by atoms with Gasteiger partial charge in [-0.15, -0.1) is 0 Å². The highest BCUT2D eigenvalue weighted by Crippen LogP contribution is 2.33. The molecular weight excluding hydrogens is 326 g/mol. The summed E-state index contributed by atoms with van der Waals surface area (Å²) < 4.78 is 28.3. The Morgan fingerprint density at radius 1 is 1.14 bits per heavy atom. The molecule has 0 aliphatic carbocycles. The second-order valence-corrected chi connectivity index (χ2v) is 5.80. The zero-order chi connectivity index (χ0) is 15.9. The zero-order valence-corrected chi connectivity index (χ0v) is 13.2. The van der Waals surface area contributed by atoms with Crippen LogP contribution in [0.5, 0.6) is 0 Å². The third-order valence-electron chi connectivity index (χ3n) is 3.43. The van der Waals surface area contributed by atoms with Crippen molar-refractivity contribution in [3.05, 3.63) is 63.7 Å². The predicted octanol–water partition coefficient (Wildman–Crippen LogP) is 4.52. The van der Waals surface area contributed by atoms with Crippen LogP contribution >= 0.6 is 23.8 Å². The Morgan fingerprint density at radius 2 is 1.82 bits per heavy atom. The molecule has 3 rings (SSSR count). The van der Waals surface area contributed by atoms with Crippen molar-refractivity contribution in [1.82, 2.24) is 0 Å². The van der Waals surface area contributed by atoms with Gasteiger partial charge in [0.05, 0.1) is 22.8 Å². The number of hydrogen-bond donors (Lipinski definition) is 1. The lowest BCUT2D eigenvalue weighted by Gasteiger charge is -2.15. The molecule has 2 aromatic rings. The lowest BCUT2D eigenvalue weighted by molar-refractivity contribution is 0.579. The van der Waals surface area contributed by atoms with Crippen LogP contribution in [0.1, 0.15) is 16.7 Å². The minimum absolute atomic E-state index is 0.141. The lowest BCUT2D eigenvalue weighted by Crippen LogP contribution is -2.12. The molecular formula is C16H11ClF2N2S. The minimum Gasteiger partial charge on any atom is -0.348 e. The Morgan fingerprint density at radius 3 is 2.50 bits per heavy atom. The smallest absolute Gasteiger partial charge is 0.135 e. The monoisotopic (exact) mass is 336 g/mol. The first-order valence-electron chi connectivity index (χ1n) is 6.57. The van der Waals surface area contributed by atoms with E-state index in [2.05, 4.69) is 10.3 Å². The molecule has 0 saturated heterocycles. The minimum atomic E-state index is -0.685. The second-order valence-electron chi connectivity index (χ2n) is 4.93. The average Bonchev–Trinajstić information content (AvgIpc) is 2.63. The van der Waals surface area contributed by atoms with E-state index in [9.17, 15) is 8.78 Å². The number of thiocarbonyl (C=S) groups is 1. The number of hydrogen-bond acceptors (Lipinski definition) is 2. The number of benzene rings is 2. The zero-order valence-electron chi connectivity index (χ0n) is 11.6. The van der Waals surface area contributed by atoms with Crippen LogP contribution in [0, 0.1) is 18.6 Å². The van der Waals surface area contributed by atoms with Gasteiger partial charge in [-0.3, -0.25) is 4.99 Å². The van der Waals surface area contributed by atoms with E-state index in [0.717, 1.165) is 5.56 Å². The first-order chi connectivity index (χ1) is 10.5. The number of nitrogens with zero attached hydrogens (tertiary/aromatic N) is 1. The molecule has 1 aliphatic heterocycles. The molecule has 0 spiro atoms. The largest absolute Gasteiger partial charge is 0.348 e. The van der Waals surface area contributed by atoms with Gasteiger partial charge in [0.15, 0.2) is 0 Å². The standard InChI is InChI=1S/C16H11ClF2N2S/c1-8-5-6-11-14(15(8)17)16(20-7-12(22)21-11)13-9(18)3-2-4-10(13)19/h2-6H,7H2,1H3,(H,21,22). The van der Waals surface area contributed by atoms with Gasteiger partial charge in [0.25, 0.3) is 0 Å². The molecule has 0 unspecified atom stereocenters. The molecule has 1 heterocycles. The molecule has 0 amide bonds. The number of aliphatic imine (C=N–C) groups is 1. The molecule has 2 aromatic carbocycles. The first-order valence-corrected chi connectivity index (χ1v) is 7.36. The van der Waals surface area contributed by atoms with E-state index < -0.39 is 11.6 Å². The summed E-state index contributed by atoms with van der Waals surface area (Å²) in [6.45, 7) is 1.96. The van der Waals surface area contributed by atoms with Crippen molar-refractivity contribution in [2.45, 2.75) is 6.92 Å². The highest BCUT2D eigenvalue weighted by molar-refractivity contribution is 7.80. The van der Waals surface area contributed by atoms with Gasteiger partial charge in [0, 0.05) is 11.3 Å². The second kappa shape index (κ2) is 5.74. The molecule has 22 heavy (non-hydrogen) atoms. The summed E-state index contributed by atoms with van der Waals surface area (Å²) >= 11 is 11.5. The quantitative estimate of drug-likeness (QED) is 0.774. The Bertz CT molecular complexity index is 798. The van der Waals surface area contributed by atoms with Gasteiger partial charge in [-0.05, 0) is 30.7 Å². The van der Waals surface area contributed by atoms with E-state index in [4.69, 9.17) is 23.8 Å². The average molecular weight is 337 g/mol. The summed E-state index contributed by atoms with van der Waals surface area (Å²) in [5.41, 5.74) is 1.83. The Kier molecular flexibility index (Phi) is 3.93. The predicted molar refractivity (Wildman–Crippen MR) is 89.3 cm³/mol. The van der Waals surface area contributed by atoms with Crippen molar-refractivity contribution in [1.29, 1.82) is 0 Å². The fourth-order valence-electron chi connectivity index (χ4n) is 2.36. The molecule has 1 N–H and O–H groups in total. The molecule has 2 nitrogen and oxygen atoms in total. The van der Waals surface area contributed by atoms with E-state index in [1.54, 1.807) is 6.07 Å². The number of halogens is 3. The normalized spacial score (nSPS) is 14.0. The Labute approximate surface area is 136 Å². The summed E-state index contributed by atoms with van der Waals surface area (Å²) in [6, 6.07) is 7.30. The molecule has 1 aliphatic rings. The molecule has 0 saturated carbocycles. The van der Waals surface area contributed by atoms with Crippen molar-refractivity contribution in [3.63, 3.8) is 0 Å². The van der Waals surface area contributed by atoms with E-state index in [0.29, 0.717) is 21.3 Å². The summed E-state index contributed by atoms with van der Waals surface area (Å²) in [4.78, 5) is 4.75. The summed E-state index contributed by atoms with van der Waals surface area (Å²) in [6.07, 6.45) is 0. The SMILES string of the molecule is Cc1ccc2c(c1Cl)C(c1c(F)cccc1F)=NCC(=S)N2. The van der Waals surface area contributed by atoms with Crippen molar-refractivity contribution in [2.75, 3.05) is 11.9 Å². The number of aryl methyl sites for hydroxylation is 1. The van der Waals surface area contributed by atoms with Crippen molar-refractivity contribution < 1.29 is 8.78 Å². The fourth-order valence-corrected chi connectivity index (χ4v) is 2.79. The van der Waals surface area contributed by atoms with Crippen LogP contribution in [0.25, 0.3) is 0 Å². The maximum atomic E-state index is 14.2. The maximum absolute atomic E-state index is 14.2. The van der Waals surface area contributed by atoms with Crippen LogP contribution in [-0.4, -0.2) is 17.2 Å². The molecule has 0 bridgehead atoms.